The molecule has 0 aliphatic heterocycles. The highest BCUT2D eigenvalue weighted by Gasteiger charge is 2.15. The van der Waals surface area contributed by atoms with Gasteiger partial charge in [-0.3, -0.25) is 0 Å². The Kier molecular flexibility index (Phi) is 5.15. The average Bonchev–Trinajstić information content (AvgIpc) is 2.45. The van der Waals surface area contributed by atoms with Crippen molar-refractivity contribution in [3.8, 4) is 0 Å². The molecule has 0 aliphatic carbocycles. The van der Waals surface area contributed by atoms with Gasteiger partial charge in [-0.2, -0.15) is 0 Å². The fraction of sp³-hybridized carbons (Fsp3) is 0.294. The van der Waals surface area contributed by atoms with Crippen LogP contribution in [0.1, 0.15) is 22.7 Å². The molecule has 0 aliphatic rings. The molecule has 1 unspecified atom stereocenters. The van der Waals surface area contributed by atoms with Crippen LogP contribution >= 0.6 is 0 Å². The van der Waals surface area contributed by atoms with Crippen LogP contribution in [0.5, 0.6) is 0 Å². The molecular weight excluding hydrogens is 282 g/mol. The van der Waals surface area contributed by atoms with Crippen molar-refractivity contribution < 1.29 is 8.42 Å². The zero-order chi connectivity index (χ0) is 15.3. The fourth-order valence-electron chi connectivity index (χ4n) is 2.35. The Hall–Kier alpha value is -1.65. The van der Waals surface area contributed by atoms with Crippen molar-refractivity contribution in [3.63, 3.8) is 0 Å². The number of aryl methyl sites for hydroxylation is 1. The van der Waals surface area contributed by atoms with Crippen molar-refractivity contribution in [3.05, 3.63) is 71.3 Å². The van der Waals surface area contributed by atoms with Gasteiger partial charge in [-0.25, -0.2) is 8.42 Å². The Morgan fingerprint density at radius 2 is 1.62 bits per heavy atom. The standard InChI is InChI=1S/C17H21NO2S/c1-14-8-6-7-11-16(14)17(15-9-4-3-5-10-15)18-12-13-21(2,19)20/h3-11,17-18H,12-13H2,1-2H3. The number of nitrogens with one attached hydrogen (secondary N) is 1. The number of sulfone groups is 1. The zero-order valence-corrected chi connectivity index (χ0v) is 13.2. The Bertz CT molecular complexity index is 681. The van der Waals surface area contributed by atoms with Crippen LogP contribution in [0.3, 0.4) is 0 Å². The van der Waals surface area contributed by atoms with E-state index in [1.165, 1.54) is 17.4 Å². The van der Waals surface area contributed by atoms with E-state index in [0.717, 1.165) is 5.56 Å². The van der Waals surface area contributed by atoms with Gasteiger partial charge in [0.15, 0.2) is 0 Å². The first-order chi connectivity index (χ1) is 9.97. The van der Waals surface area contributed by atoms with Crippen molar-refractivity contribution in [1.82, 2.24) is 5.32 Å². The van der Waals surface area contributed by atoms with Crippen LogP contribution in [0.15, 0.2) is 54.6 Å². The molecule has 0 saturated carbocycles. The van der Waals surface area contributed by atoms with Gasteiger partial charge in [0.25, 0.3) is 0 Å². The van der Waals surface area contributed by atoms with Crippen LogP contribution in [0.4, 0.5) is 0 Å². The minimum absolute atomic E-state index is 0.00847. The topological polar surface area (TPSA) is 46.2 Å². The Balaban J connectivity index is 2.26. The average molecular weight is 303 g/mol. The smallest absolute Gasteiger partial charge is 0.148 e. The first-order valence-electron chi connectivity index (χ1n) is 6.99. The van der Waals surface area contributed by atoms with Crippen LogP contribution < -0.4 is 5.32 Å². The molecule has 0 heterocycles. The van der Waals surface area contributed by atoms with Crippen molar-refractivity contribution in [2.75, 3.05) is 18.6 Å². The van der Waals surface area contributed by atoms with Gasteiger partial charge in [-0.15, -0.1) is 0 Å². The number of benzene rings is 2. The first kappa shape index (κ1) is 15.7. The molecule has 0 amide bonds. The number of hydrogen-bond acceptors (Lipinski definition) is 3. The van der Waals surface area contributed by atoms with Gasteiger partial charge in [0.1, 0.15) is 9.84 Å². The summed E-state index contributed by atoms with van der Waals surface area (Å²) < 4.78 is 22.6. The third-order valence-electron chi connectivity index (χ3n) is 3.45. The number of rotatable bonds is 6. The molecule has 1 N–H and O–H groups in total. The number of hydrogen-bond donors (Lipinski definition) is 1. The van der Waals surface area contributed by atoms with E-state index in [1.54, 1.807) is 0 Å². The van der Waals surface area contributed by atoms with E-state index >= 15 is 0 Å². The van der Waals surface area contributed by atoms with Gasteiger partial charge < -0.3 is 5.32 Å². The summed E-state index contributed by atoms with van der Waals surface area (Å²) in [5, 5.41) is 3.37. The second kappa shape index (κ2) is 6.87. The van der Waals surface area contributed by atoms with Gasteiger partial charge in [0.05, 0.1) is 11.8 Å². The van der Waals surface area contributed by atoms with Gasteiger partial charge in [0.2, 0.25) is 0 Å². The molecular formula is C17H21NO2S. The predicted octanol–water partition coefficient (Wildman–Crippen LogP) is 2.72. The molecule has 4 heteroatoms. The van der Waals surface area contributed by atoms with Gasteiger partial charge >= 0.3 is 0 Å². The maximum absolute atomic E-state index is 11.3. The summed E-state index contributed by atoms with van der Waals surface area (Å²) in [5.74, 6) is 0.141. The third-order valence-corrected chi connectivity index (χ3v) is 4.40. The molecule has 0 spiro atoms. The van der Waals surface area contributed by atoms with Crippen molar-refractivity contribution in [2.45, 2.75) is 13.0 Å². The SMILES string of the molecule is Cc1ccccc1C(NCCS(C)(=O)=O)c1ccccc1. The van der Waals surface area contributed by atoms with Gasteiger partial charge in [-0.05, 0) is 23.6 Å². The summed E-state index contributed by atoms with van der Waals surface area (Å²) in [7, 11) is -2.96. The zero-order valence-electron chi connectivity index (χ0n) is 12.4. The van der Waals surface area contributed by atoms with Crippen LogP contribution in [0, 0.1) is 6.92 Å². The lowest BCUT2D eigenvalue weighted by atomic mass is 9.95. The molecule has 21 heavy (non-hydrogen) atoms. The highest BCUT2D eigenvalue weighted by atomic mass is 32.2. The fourth-order valence-corrected chi connectivity index (χ4v) is 2.84. The van der Waals surface area contributed by atoms with Crippen LogP contribution in [-0.2, 0) is 9.84 Å². The molecule has 2 aromatic carbocycles. The first-order valence-corrected chi connectivity index (χ1v) is 9.05. The summed E-state index contributed by atoms with van der Waals surface area (Å²) >= 11 is 0. The van der Waals surface area contributed by atoms with Crippen LogP contribution in [-0.4, -0.2) is 27.0 Å². The molecule has 112 valence electrons. The maximum atomic E-state index is 11.3. The second-order valence-corrected chi connectivity index (χ2v) is 7.54. The molecule has 0 saturated heterocycles. The third kappa shape index (κ3) is 4.69. The van der Waals surface area contributed by atoms with E-state index in [2.05, 4.69) is 36.5 Å². The summed E-state index contributed by atoms with van der Waals surface area (Å²) in [6, 6.07) is 18.3. The Labute approximate surface area is 126 Å². The largest absolute Gasteiger partial charge is 0.305 e. The van der Waals surface area contributed by atoms with E-state index in [-0.39, 0.29) is 11.8 Å². The lowest BCUT2D eigenvalue weighted by Gasteiger charge is -2.21. The van der Waals surface area contributed by atoms with E-state index in [0.29, 0.717) is 6.54 Å². The van der Waals surface area contributed by atoms with Crippen LogP contribution in [0.2, 0.25) is 0 Å². The normalized spacial score (nSPS) is 13.0. The summed E-state index contributed by atoms with van der Waals surface area (Å²) in [5.41, 5.74) is 3.51. The highest BCUT2D eigenvalue weighted by molar-refractivity contribution is 7.90. The summed E-state index contributed by atoms with van der Waals surface area (Å²) in [6.07, 6.45) is 1.26. The van der Waals surface area contributed by atoms with E-state index in [4.69, 9.17) is 0 Å². The molecule has 0 radical (unpaired) electrons. The van der Waals surface area contributed by atoms with E-state index in [1.807, 2.05) is 30.3 Å². The minimum Gasteiger partial charge on any atom is -0.305 e. The van der Waals surface area contributed by atoms with Crippen LogP contribution in [0.25, 0.3) is 0 Å². The molecule has 3 nitrogen and oxygen atoms in total. The van der Waals surface area contributed by atoms with E-state index in [9.17, 15) is 8.42 Å². The summed E-state index contributed by atoms with van der Waals surface area (Å²) in [4.78, 5) is 0. The minimum atomic E-state index is -2.96. The monoisotopic (exact) mass is 303 g/mol. The summed E-state index contributed by atoms with van der Waals surface area (Å²) in [6.45, 7) is 2.51. The lowest BCUT2D eigenvalue weighted by molar-refractivity contribution is 0.586. The predicted molar refractivity (Wildman–Crippen MR) is 87.2 cm³/mol. The quantitative estimate of drug-likeness (QED) is 0.892. The lowest BCUT2D eigenvalue weighted by Crippen LogP contribution is -2.28. The van der Waals surface area contributed by atoms with Crippen molar-refractivity contribution in [2.24, 2.45) is 0 Å². The van der Waals surface area contributed by atoms with Crippen molar-refractivity contribution >= 4 is 9.84 Å². The second-order valence-electron chi connectivity index (χ2n) is 5.28. The van der Waals surface area contributed by atoms with Gasteiger partial charge in [-0.1, -0.05) is 54.6 Å². The Morgan fingerprint density at radius 3 is 2.24 bits per heavy atom. The maximum Gasteiger partial charge on any atom is 0.148 e. The molecule has 0 bridgehead atoms. The molecule has 2 aromatic rings. The molecule has 1 atom stereocenters. The molecule has 0 fully saturated rings. The van der Waals surface area contributed by atoms with Crippen molar-refractivity contribution in [1.29, 1.82) is 0 Å². The molecule has 2 rings (SSSR count). The van der Waals surface area contributed by atoms with Gasteiger partial charge in [0, 0.05) is 12.8 Å². The molecule has 0 aromatic heterocycles. The Morgan fingerprint density at radius 1 is 1.00 bits per heavy atom. The van der Waals surface area contributed by atoms with E-state index < -0.39 is 9.84 Å². The highest BCUT2D eigenvalue weighted by Crippen LogP contribution is 2.24.